The van der Waals surface area contributed by atoms with E-state index < -0.39 is 6.04 Å². The van der Waals surface area contributed by atoms with Crippen LogP contribution in [0.3, 0.4) is 0 Å². The van der Waals surface area contributed by atoms with Gasteiger partial charge in [-0.25, -0.2) is 0 Å². The topological polar surface area (TPSA) is 58.6 Å². The van der Waals surface area contributed by atoms with Gasteiger partial charge in [0.1, 0.15) is 11.8 Å². The van der Waals surface area contributed by atoms with Crippen molar-refractivity contribution in [2.24, 2.45) is 0 Å². The number of nitrogens with zero attached hydrogens (tertiary/aromatic N) is 1. The lowest BCUT2D eigenvalue weighted by Gasteiger charge is -2.31. The Morgan fingerprint density at radius 1 is 1.13 bits per heavy atom. The standard InChI is InChI=1S/C23H28Cl2N2O3/c1-4-11-26-23(29)21(5-2)27(15-16-7-6-8-19(12-16)30-3)22(28)13-17-9-10-18(24)14-20(17)25/h6-10,12,14,21H,4-5,11,13,15H2,1-3H3,(H,26,29). The highest BCUT2D eigenvalue weighted by atomic mass is 35.5. The van der Waals surface area contributed by atoms with Gasteiger partial charge in [-0.1, -0.05) is 55.2 Å². The Morgan fingerprint density at radius 3 is 2.53 bits per heavy atom. The van der Waals surface area contributed by atoms with Gasteiger partial charge in [0.25, 0.3) is 0 Å². The number of hydrogen-bond acceptors (Lipinski definition) is 3. The van der Waals surface area contributed by atoms with Gasteiger partial charge in [0.15, 0.2) is 0 Å². The summed E-state index contributed by atoms with van der Waals surface area (Å²) in [5.74, 6) is 0.363. The second kappa shape index (κ2) is 11.8. The summed E-state index contributed by atoms with van der Waals surface area (Å²) in [7, 11) is 1.59. The molecule has 0 fully saturated rings. The minimum absolute atomic E-state index is 0.0809. The number of nitrogens with one attached hydrogen (secondary N) is 1. The Hall–Kier alpha value is -2.24. The molecular weight excluding hydrogens is 423 g/mol. The quantitative estimate of drug-likeness (QED) is 0.560. The third-order valence-electron chi connectivity index (χ3n) is 4.78. The first kappa shape index (κ1) is 24.0. The van der Waals surface area contributed by atoms with Gasteiger partial charge in [0, 0.05) is 23.1 Å². The molecule has 0 aliphatic carbocycles. The van der Waals surface area contributed by atoms with Crippen molar-refractivity contribution >= 4 is 35.0 Å². The fraction of sp³-hybridized carbons (Fsp3) is 0.391. The van der Waals surface area contributed by atoms with Crippen LogP contribution in [0, 0.1) is 0 Å². The van der Waals surface area contributed by atoms with Gasteiger partial charge >= 0.3 is 0 Å². The van der Waals surface area contributed by atoms with Crippen LogP contribution >= 0.6 is 23.2 Å². The summed E-state index contributed by atoms with van der Waals surface area (Å²) >= 11 is 12.2. The van der Waals surface area contributed by atoms with Crippen LogP contribution in [0.25, 0.3) is 0 Å². The molecule has 0 saturated carbocycles. The van der Waals surface area contributed by atoms with Crippen molar-refractivity contribution in [1.82, 2.24) is 10.2 Å². The van der Waals surface area contributed by atoms with Gasteiger partial charge in [-0.05, 0) is 48.2 Å². The fourth-order valence-electron chi connectivity index (χ4n) is 3.18. The molecule has 0 aliphatic rings. The second-order valence-corrected chi connectivity index (χ2v) is 7.84. The number of benzene rings is 2. The Balaban J connectivity index is 2.32. The molecule has 0 bridgehead atoms. The molecule has 30 heavy (non-hydrogen) atoms. The van der Waals surface area contributed by atoms with E-state index in [0.717, 1.165) is 12.0 Å². The minimum Gasteiger partial charge on any atom is -0.497 e. The molecule has 162 valence electrons. The number of methoxy groups -OCH3 is 1. The van der Waals surface area contributed by atoms with Crippen molar-refractivity contribution < 1.29 is 14.3 Å². The Bertz CT molecular complexity index is 873. The molecule has 2 rings (SSSR count). The third-order valence-corrected chi connectivity index (χ3v) is 5.37. The largest absolute Gasteiger partial charge is 0.497 e. The Labute approximate surface area is 188 Å². The summed E-state index contributed by atoms with van der Waals surface area (Å²) in [6, 6.07) is 12.0. The first-order valence-corrected chi connectivity index (χ1v) is 10.8. The number of halogens is 2. The van der Waals surface area contributed by atoms with Crippen molar-refractivity contribution in [2.75, 3.05) is 13.7 Å². The molecule has 0 radical (unpaired) electrons. The van der Waals surface area contributed by atoms with Crippen LogP contribution in [0.1, 0.15) is 37.8 Å². The van der Waals surface area contributed by atoms with Crippen LogP contribution in [0.5, 0.6) is 5.75 Å². The van der Waals surface area contributed by atoms with E-state index >= 15 is 0 Å². The van der Waals surface area contributed by atoms with Crippen molar-refractivity contribution in [1.29, 1.82) is 0 Å². The zero-order chi connectivity index (χ0) is 22.1. The molecule has 2 aromatic carbocycles. The maximum atomic E-state index is 13.3. The number of carbonyl (C=O) groups excluding carboxylic acids is 2. The van der Waals surface area contributed by atoms with E-state index in [2.05, 4.69) is 5.32 Å². The highest BCUT2D eigenvalue weighted by molar-refractivity contribution is 6.35. The molecule has 1 atom stereocenters. The van der Waals surface area contributed by atoms with Crippen LogP contribution < -0.4 is 10.1 Å². The van der Waals surface area contributed by atoms with Crippen LogP contribution in [0.15, 0.2) is 42.5 Å². The van der Waals surface area contributed by atoms with E-state index in [1.165, 1.54) is 0 Å². The van der Waals surface area contributed by atoms with Crippen LogP contribution in [0.4, 0.5) is 0 Å². The number of hydrogen-bond donors (Lipinski definition) is 1. The van der Waals surface area contributed by atoms with Crippen LogP contribution in [-0.4, -0.2) is 36.4 Å². The number of rotatable bonds is 10. The van der Waals surface area contributed by atoms with E-state index in [1.807, 2.05) is 38.1 Å². The van der Waals surface area contributed by atoms with E-state index in [4.69, 9.17) is 27.9 Å². The average Bonchev–Trinajstić information content (AvgIpc) is 2.74. The van der Waals surface area contributed by atoms with Gasteiger partial charge in [-0.2, -0.15) is 0 Å². The summed E-state index contributed by atoms with van der Waals surface area (Å²) < 4.78 is 5.29. The van der Waals surface area contributed by atoms with E-state index in [0.29, 0.717) is 40.9 Å². The van der Waals surface area contributed by atoms with Crippen LogP contribution in [0.2, 0.25) is 10.0 Å². The molecule has 1 N–H and O–H groups in total. The van der Waals surface area contributed by atoms with Gasteiger partial charge in [-0.15, -0.1) is 0 Å². The molecule has 0 spiro atoms. The number of amides is 2. The smallest absolute Gasteiger partial charge is 0.242 e. The highest BCUT2D eigenvalue weighted by Gasteiger charge is 2.28. The maximum Gasteiger partial charge on any atom is 0.242 e. The average molecular weight is 451 g/mol. The van der Waals surface area contributed by atoms with Gasteiger partial charge in [-0.3, -0.25) is 9.59 Å². The first-order valence-electron chi connectivity index (χ1n) is 10.0. The second-order valence-electron chi connectivity index (χ2n) is 7.00. The van der Waals surface area contributed by atoms with E-state index in [1.54, 1.807) is 30.2 Å². The minimum atomic E-state index is -0.582. The van der Waals surface area contributed by atoms with Gasteiger partial charge < -0.3 is 15.0 Å². The zero-order valence-electron chi connectivity index (χ0n) is 17.6. The van der Waals surface area contributed by atoms with E-state index in [9.17, 15) is 9.59 Å². The summed E-state index contributed by atoms with van der Waals surface area (Å²) in [4.78, 5) is 27.7. The molecular formula is C23H28Cl2N2O3. The number of carbonyl (C=O) groups is 2. The molecule has 0 heterocycles. The van der Waals surface area contributed by atoms with E-state index in [-0.39, 0.29) is 18.2 Å². The van der Waals surface area contributed by atoms with Crippen molar-refractivity contribution in [3.8, 4) is 5.75 Å². The van der Waals surface area contributed by atoms with Crippen molar-refractivity contribution in [3.63, 3.8) is 0 Å². The molecule has 0 saturated heterocycles. The fourth-order valence-corrected chi connectivity index (χ4v) is 3.66. The normalized spacial score (nSPS) is 11.6. The number of ether oxygens (including phenoxy) is 1. The van der Waals surface area contributed by atoms with Gasteiger partial charge in [0.2, 0.25) is 11.8 Å². The van der Waals surface area contributed by atoms with Gasteiger partial charge in [0.05, 0.1) is 13.5 Å². The molecule has 0 aliphatic heterocycles. The lowest BCUT2D eigenvalue weighted by molar-refractivity contribution is -0.140. The summed E-state index contributed by atoms with van der Waals surface area (Å²) in [6.45, 7) is 4.75. The lowest BCUT2D eigenvalue weighted by atomic mass is 10.1. The predicted octanol–water partition coefficient (Wildman–Crippen LogP) is 4.88. The SMILES string of the molecule is CCCNC(=O)C(CC)N(Cc1cccc(OC)c1)C(=O)Cc1ccc(Cl)cc1Cl. The molecule has 2 aromatic rings. The molecule has 0 aromatic heterocycles. The van der Waals surface area contributed by atoms with Crippen molar-refractivity contribution in [3.05, 3.63) is 63.6 Å². The summed E-state index contributed by atoms with van der Waals surface area (Å²) in [5, 5.41) is 3.85. The van der Waals surface area contributed by atoms with Crippen molar-refractivity contribution in [2.45, 2.75) is 45.7 Å². The summed E-state index contributed by atoms with van der Waals surface area (Å²) in [5.41, 5.74) is 1.55. The molecule has 5 nitrogen and oxygen atoms in total. The highest BCUT2D eigenvalue weighted by Crippen LogP contribution is 2.23. The Morgan fingerprint density at radius 2 is 1.90 bits per heavy atom. The molecule has 2 amide bonds. The van der Waals surface area contributed by atoms with Crippen LogP contribution in [-0.2, 0) is 22.6 Å². The summed E-state index contributed by atoms with van der Waals surface area (Å²) in [6.07, 6.45) is 1.41. The maximum absolute atomic E-state index is 13.3. The zero-order valence-corrected chi connectivity index (χ0v) is 19.1. The molecule has 1 unspecified atom stereocenters. The Kier molecular flexibility index (Phi) is 9.47. The third kappa shape index (κ3) is 6.64. The monoisotopic (exact) mass is 450 g/mol. The predicted molar refractivity (Wildman–Crippen MR) is 121 cm³/mol. The first-order chi connectivity index (χ1) is 14.4. The molecule has 7 heteroatoms. The lowest BCUT2D eigenvalue weighted by Crippen LogP contribution is -2.49.